The van der Waals surface area contributed by atoms with Crippen LogP contribution in [0.15, 0.2) is 54.6 Å². The predicted octanol–water partition coefficient (Wildman–Crippen LogP) is 3.61. The van der Waals surface area contributed by atoms with Crippen molar-refractivity contribution in [2.75, 3.05) is 5.32 Å². The van der Waals surface area contributed by atoms with Crippen LogP contribution < -0.4 is 15.2 Å². The van der Waals surface area contributed by atoms with E-state index in [0.717, 1.165) is 5.75 Å². The number of benzene rings is 2. The molecule has 0 aromatic heterocycles. The van der Waals surface area contributed by atoms with Gasteiger partial charge in [0.25, 0.3) is 0 Å². The van der Waals surface area contributed by atoms with Crippen LogP contribution in [0.25, 0.3) is 0 Å². The van der Waals surface area contributed by atoms with E-state index in [9.17, 15) is 14.7 Å². The minimum atomic E-state index is -1.09. The molecule has 2 aromatic rings. The predicted molar refractivity (Wildman–Crippen MR) is 101 cm³/mol. The summed E-state index contributed by atoms with van der Waals surface area (Å²) in [7, 11) is 0. The molecule has 0 saturated heterocycles. The molecule has 1 N–H and O–H groups in total. The largest absolute Gasteiger partial charge is 0.550 e. The van der Waals surface area contributed by atoms with E-state index in [4.69, 9.17) is 4.74 Å². The van der Waals surface area contributed by atoms with Gasteiger partial charge in [0.05, 0.1) is 0 Å². The number of hydrogen-bond donors (Lipinski definition) is 1. The summed E-state index contributed by atoms with van der Waals surface area (Å²) < 4.78 is 5.74. The first kappa shape index (κ1) is 19.0. The monoisotopic (exact) mass is 366 g/mol. The van der Waals surface area contributed by atoms with E-state index in [2.05, 4.69) is 5.32 Å². The third-order valence-electron chi connectivity index (χ3n) is 6.09. The molecule has 0 bridgehead atoms. The number of hydrogen-bond acceptors (Lipinski definition) is 4. The van der Waals surface area contributed by atoms with Gasteiger partial charge in [0.2, 0.25) is 5.91 Å². The molecule has 1 saturated carbocycles. The van der Waals surface area contributed by atoms with Crippen LogP contribution in [-0.4, -0.2) is 11.9 Å². The molecule has 0 spiro atoms. The molecule has 1 amide bonds. The summed E-state index contributed by atoms with van der Waals surface area (Å²) in [6.45, 7) is 5.33. The molecule has 1 fully saturated rings. The molecule has 27 heavy (non-hydrogen) atoms. The minimum Gasteiger partial charge on any atom is -0.550 e. The van der Waals surface area contributed by atoms with Crippen molar-refractivity contribution < 1.29 is 19.4 Å². The van der Waals surface area contributed by atoms with Crippen molar-refractivity contribution in [1.82, 2.24) is 0 Å². The first-order valence-corrected chi connectivity index (χ1v) is 9.09. The lowest BCUT2D eigenvalue weighted by Gasteiger charge is -2.41. The maximum Gasteiger partial charge on any atom is 0.228 e. The van der Waals surface area contributed by atoms with E-state index in [1.165, 1.54) is 0 Å². The summed E-state index contributed by atoms with van der Waals surface area (Å²) in [5.41, 5.74) is -1.05. The van der Waals surface area contributed by atoms with Gasteiger partial charge in [-0.2, -0.15) is 0 Å². The maximum absolute atomic E-state index is 12.8. The van der Waals surface area contributed by atoms with Crippen LogP contribution in [0.4, 0.5) is 5.69 Å². The van der Waals surface area contributed by atoms with Crippen molar-refractivity contribution in [2.45, 2.75) is 33.6 Å². The summed E-state index contributed by atoms with van der Waals surface area (Å²) in [4.78, 5) is 24.4. The smallest absolute Gasteiger partial charge is 0.228 e. The molecule has 1 aliphatic carbocycles. The Balaban J connectivity index is 1.67. The van der Waals surface area contributed by atoms with Crippen molar-refractivity contribution in [3.8, 4) is 11.5 Å². The van der Waals surface area contributed by atoms with Gasteiger partial charge in [-0.1, -0.05) is 39.0 Å². The number of ether oxygens (including phenoxy) is 1. The molecule has 2 atom stereocenters. The Bertz CT molecular complexity index is 829. The Labute approximate surface area is 159 Å². The number of carbonyl (C=O) groups is 2. The van der Waals surface area contributed by atoms with Crippen LogP contribution in [0, 0.1) is 16.7 Å². The van der Waals surface area contributed by atoms with E-state index in [0.29, 0.717) is 24.3 Å². The van der Waals surface area contributed by atoms with Crippen molar-refractivity contribution >= 4 is 17.6 Å². The molecule has 0 unspecified atom stereocenters. The zero-order valence-corrected chi connectivity index (χ0v) is 15.8. The number of rotatable bonds is 5. The van der Waals surface area contributed by atoms with Crippen LogP contribution in [0.3, 0.4) is 0 Å². The zero-order chi connectivity index (χ0) is 19.7. The van der Waals surface area contributed by atoms with Crippen molar-refractivity contribution in [3.63, 3.8) is 0 Å². The minimum absolute atomic E-state index is 0.165. The second kappa shape index (κ2) is 7.06. The number of amides is 1. The SMILES string of the molecule is CC1(C)[C@@H](C(=O)Nc2ccc(Oc3ccccc3)cc2)CC[C@]1(C)C(=O)[O-]. The highest BCUT2D eigenvalue weighted by atomic mass is 16.5. The second-order valence-corrected chi connectivity index (χ2v) is 7.86. The first-order chi connectivity index (χ1) is 12.7. The quantitative estimate of drug-likeness (QED) is 0.877. The topological polar surface area (TPSA) is 78.5 Å². The Hall–Kier alpha value is -2.82. The Morgan fingerprint density at radius 1 is 1.00 bits per heavy atom. The van der Waals surface area contributed by atoms with Gasteiger partial charge in [-0.15, -0.1) is 0 Å². The fraction of sp³-hybridized carbons (Fsp3) is 0.364. The Morgan fingerprint density at radius 3 is 2.15 bits per heavy atom. The number of nitrogens with one attached hydrogen (secondary N) is 1. The number of aliphatic carboxylic acids is 1. The third kappa shape index (κ3) is 3.54. The van der Waals surface area contributed by atoms with Gasteiger partial charge < -0.3 is 20.0 Å². The molecule has 0 radical (unpaired) electrons. The van der Waals surface area contributed by atoms with Crippen LogP contribution in [-0.2, 0) is 9.59 Å². The van der Waals surface area contributed by atoms with Gasteiger partial charge >= 0.3 is 0 Å². The van der Waals surface area contributed by atoms with Crippen LogP contribution in [0.5, 0.6) is 11.5 Å². The van der Waals surface area contributed by atoms with Gasteiger partial charge in [-0.3, -0.25) is 4.79 Å². The van der Waals surface area contributed by atoms with Crippen LogP contribution in [0.2, 0.25) is 0 Å². The van der Waals surface area contributed by atoms with Crippen molar-refractivity contribution in [3.05, 3.63) is 54.6 Å². The highest BCUT2D eigenvalue weighted by Crippen LogP contribution is 2.55. The summed E-state index contributed by atoms with van der Waals surface area (Å²) in [5.74, 6) is -0.235. The molecular formula is C22H24NO4-. The standard InChI is InChI=1S/C22H25NO4/c1-21(2)18(13-14-22(21,3)20(25)26)19(24)23-15-9-11-17(12-10-15)27-16-7-5-4-6-8-16/h4-12,18H,13-14H2,1-3H3,(H,23,24)(H,25,26)/p-1/t18-,22-/m1/s1. The van der Waals surface area contributed by atoms with Crippen LogP contribution >= 0.6 is 0 Å². The Morgan fingerprint density at radius 2 is 1.59 bits per heavy atom. The lowest BCUT2D eigenvalue weighted by atomic mass is 9.65. The number of anilines is 1. The van der Waals surface area contributed by atoms with Gasteiger partial charge in [0.15, 0.2) is 0 Å². The summed E-state index contributed by atoms with van der Waals surface area (Å²) in [6.07, 6.45) is 0.961. The normalized spacial score (nSPS) is 23.6. The average Bonchev–Trinajstić information content (AvgIpc) is 2.88. The fourth-order valence-electron chi connectivity index (χ4n) is 3.78. The van der Waals surface area contributed by atoms with Gasteiger partial charge in [-0.05, 0) is 54.7 Å². The molecule has 0 heterocycles. The maximum atomic E-state index is 12.8. The second-order valence-electron chi connectivity index (χ2n) is 7.86. The van der Waals surface area contributed by atoms with Crippen molar-refractivity contribution in [2.24, 2.45) is 16.7 Å². The molecule has 3 rings (SSSR count). The van der Waals surface area contributed by atoms with Gasteiger partial charge in [0.1, 0.15) is 11.5 Å². The third-order valence-corrected chi connectivity index (χ3v) is 6.09. The highest BCUT2D eigenvalue weighted by molar-refractivity contribution is 5.94. The lowest BCUT2D eigenvalue weighted by Crippen LogP contribution is -2.49. The molecule has 1 aliphatic rings. The molecule has 0 aliphatic heterocycles. The zero-order valence-electron chi connectivity index (χ0n) is 15.8. The molecular weight excluding hydrogens is 342 g/mol. The lowest BCUT2D eigenvalue weighted by molar-refractivity contribution is -0.323. The van der Waals surface area contributed by atoms with E-state index in [-0.39, 0.29) is 11.8 Å². The van der Waals surface area contributed by atoms with Gasteiger partial charge in [0, 0.05) is 23.0 Å². The molecule has 142 valence electrons. The number of carboxylic acids is 1. The van der Waals surface area contributed by atoms with E-state index >= 15 is 0 Å². The fourth-order valence-corrected chi connectivity index (χ4v) is 3.78. The number of carbonyl (C=O) groups excluding carboxylic acids is 2. The molecule has 5 nitrogen and oxygen atoms in total. The average molecular weight is 366 g/mol. The van der Waals surface area contributed by atoms with E-state index in [1.54, 1.807) is 31.2 Å². The van der Waals surface area contributed by atoms with Crippen molar-refractivity contribution in [1.29, 1.82) is 0 Å². The summed E-state index contributed by atoms with van der Waals surface area (Å²) >= 11 is 0. The highest BCUT2D eigenvalue weighted by Gasteiger charge is 2.54. The first-order valence-electron chi connectivity index (χ1n) is 9.09. The molecule has 5 heteroatoms. The summed E-state index contributed by atoms with van der Waals surface area (Å²) in [5, 5.41) is 14.5. The van der Waals surface area contributed by atoms with Crippen LogP contribution in [0.1, 0.15) is 33.6 Å². The molecule has 2 aromatic carbocycles. The number of carboxylic acid groups (broad SMARTS) is 1. The summed E-state index contributed by atoms with van der Waals surface area (Å²) in [6, 6.07) is 16.6. The van der Waals surface area contributed by atoms with E-state index in [1.807, 2.05) is 44.2 Å². The number of para-hydroxylation sites is 1. The van der Waals surface area contributed by atoms with Gasteiger partial charge in [-0.25, -0.2) is 0 Å². The Kier molecular flexibility index (Phi) is 4.96. The van der Waals surface area contributed by atoms with E-state index < -0.39 is 16.8 Å².